The number of aryl methyl sites for hydroxylation is 3. The Bertz CT molecular complexity index is 608. The van der Waals surface area contributed by atoms with E-state index < -0.39 is 0 Å². The summed E-state index contributed by atoms with van der Waals surface area (Å²) in [5.41, 5.74) is 2.64. The number of anilines is 1. The smallest absolute Gasteiger partial charge is 0.267 e. The first-order valence-corrected chi connectivity index (χ1v) is 7.37. The van der Waals surface area contributed by atoms with Crippen molar-refractivity contribution >= 4 is 22.9 Å². The van der Waals surface area contributed by atoms with Crippen LogP contribution in [-0.2, 0) is 6.42 Å². The molecule has 1 heterocycles. The molecule has 4 nitrogen and oxygen atoms in total. The second kappa shape index (κ2) is 6.63. The molecule has 0 bridgehead atoms. The summed E-state index contributed by atoms with van der Waals surface area (Å²) < 4.78 is 0. The number of aliphatic hydroxyl groups excluding tert-OH is 1. The summed E-state index contributed by atoms with van der Waals surface area (Å²) in [5.74, 6) is -0.118. The van der Waals surface area contributed by atoms with Crippen molar-refractivity contribution in [2.45, 2.75) is 26.7 Å². The van der Waals surface area contributed by atoms with Gasteiger partial charge in [-0.1, -0.05) is 12.1 Å². The van der Waals surface area contributed by atoms with Crippen LogP contribution in [0.25, 0.3) is 0 Å². The number of nitrogens with one attached hydrogen (secondary N) is 1. The van der Waals surface area contributed by atoms with Gasteiger partial charge in [-0.05, 0) is 44.4 Å². The number of hydrogen-bond acceptors (Lipinski definition) is 4. The third-order valence-corrected chi connectivity index (χ3v) is 3.99. The molecule has 0 saturated carbocycles. The van der Waals surface area contributed by atoms with Gasteiger partial charge < -0.3 is 10.4 Å². The monoisotopic (exact) mass is 290 g/mol. The van der Waals surface area contributed by atoms with Crippen LogP contribution in [0.1, 0.15) is 32.4 Å². The lowest BCUT2D eigenvalue weighted by atomic mass is 10.1. The largest absolute Gasteiger partial charge is 0.396 e. The third kappa shape index (κ3) is 3.65. The Morgan fingerprint density at radius 1 is 1.40 bits per heavy atom. The summed E-state index contributed by atoms with van der Waals surface area (Å²) in [6.45, 7) is 3.91. The van der Waals surface area contributed by atoms with Crippen LogP contribution in [-0.4, -0.2) is 22.6 Å². The Balaban J connectivity index is 2.09. The average molecular weight is 290 g/mol. The molecule has 0 atom stereocenters. The summed E-state index contributed by atoms with van der Waals surface area (Å²) >= 11 is 1.40. The Hall–Kier alpha value is -1.72. The molecule has 1 aromatic carbocycles. The van der Waals surface area contributed by atoms with Crippen molar-refractivity contribution in [1.29, 1.82) is 0 Å². The lowest BCUT2D eigenvalue weighted by Gasteiger charge is -2.06. The molecule has 0 unspecified atom stereocenters. The molecule has 106 valence electrons. The average Bonchev–Trinajstić information content (AvgIpc) is 2.76. The molecule has 0 spiro atoms. The fourth-order valence-corrected chi connectivity index (χ4v) is 2.83. The van der Waals surface area contributed by atoms with Crippen molar-refractivity contribution in [1.82, 2.24) is 4.98 Å². The van der Waals surface area contributed by atoms with Gasteiger partial charge in [-0.2, -0.15) is 0 Å². The Kier molecular flexibility index (Phi) is 4.87. The van der Waals surface area contributed by atoms with E-state index >= 15 is 0 Å². The number of thiazole rings is 1. The molecule has 0 aliphatic heterocycles. The number of aliphatic hydroxyl groups is 1. The lowest BCUT2D eigenvalue weighted by Crippen LogP contribution is -2.11. The van der Waals surface area contributed by atoms with Crippen molar-refractivity contribution in [3.05, 3.63) is 45.4 Å². The molecule has 2 aromatic rings. The van der Waals surface area contributed by atoms with E-state index in [0.29, 0.717) is 4.88 Å². The van der Waals surface area contributed by atoms with Gasteiger partial charge in [0.2, 0.25) is 0 Å². The van der Waals surface area contributed by atoms with Crippen LogP contribution in [0, 0.1) is 13.8 Å². The molecule has 20 heavy (non-hydrogen) atoms. The zero-order valence-electron chi connectivity index (χ0n) is 11.6. The molecular weight excluding hydrogens is 272 g/mol. The number of carbonyl (C=O) groups excluding carboxylic acids is 1. The highest BCUT2D eigenvalue weighted by molar-refractivity contribution is 7.13. The van der Waals surface area contributed by atoms with Gasteiger partial charge in [0, 0.05) is 12.3 Å². The minimum Gasteiger partial charge on any atom is -0.396 e. The van der Waals surface area contributed by atoms with Crippen LogP contribution in [0.4, 0.5) is 5.69 Å². The number of rotatable bonds is 5. The number of hydrogen-bond donors (Lipinski definition) is 2. The fourth-order valence-electron chi connectivity index (χ4n) is 2.02. The van der Waals surface area contributed by atoms with E-state index in [0.717, 1.165) is 34.8 Å². The molecule has 1 aromatic heterocycles. The minimum atomic E-state index is -0.118. The maximum absolute atomic E-state index is 12.2. The van der Waals surface area contributed by atoms with Crippen LogP contribution in [0.2, 0.25) is 0 Å². The van der Waals surface area contributed by atoms with Gasteiger partial charge in [-0.25, -0.2) is 4.98 Å². The Morgan fingerprint density at radius 2 is 2.20 bits per heavy atom. The van der Waals surface area contributed by atoms with Crippen LogP contribution < -0.4 is 5.32 Å². The maximum Gasteiger partial charge on any atom is 0.267 e. The summed E-state index contributed by atoms with van der Waals surface area (Å²) in [4.78, 5) is 17.1. The van der Waals surface area contributed by atoms with Gasteiger partial charge in [0.25, 0.3) is 5.91 Å². The molecule has 1 amide bonds. The third-order valence-electron chi connectivity index (χ3n) is 2.92. The Labute approximate surface area is 122 Å². The standard InChI is InChI=1S/C15H18N2O2S/c1-10-14(20-11(2)16-10)15(19)17-13-7-3-5-12(9-13)6-4-8-18/h3,5,7,9,18H,4,6,8H2,1-2H3,(H,17,19). The van der Waals surface area contributed by atoms with Crippen LogP contribution in [0.5, 0.6) is 0 Å². The first-order valence-electron chi connectivity index (χ1n) is 6.55. The highest BCUT2D eigenvalue weighted by atomic mass is 32.1. The first kappa shape index (κ1) is 14.7. The van der Waals surface area contributed by atoms with Crippen molar-refractivity contribution in [3.63, 3.8) is 0 Å². The molecule has 2 rings (SSSR count). The lowest BCUT2D eigenvalue weighted by molar-refractivity contribution is 0.103. The van der Waals surface area contributed by atoms with Crippen molar-refractivity contribution in [2.24, 2.45) is 0 Å². The van der Waals surface area contributed by atoms with E-state index in [2.05, 4.69) is 10.3 Å². The second-order valence-corrected chi connectivity index (χ2v) is 5.83. The molecular formula is C15H18N2O2S. The van der Waals surface area contributed by atoms with Crippen molar-refractivity contribution in [2.75, 3.05) is 11.9 Å². The highest BCUT2D eigenvalue weighted by Gasteiger charge is 2.13. The summed E-state index contributed by atoms with van der Waals surface area (Å²) in [5, 5.41) is 12.6. The highest BCUT2D eigenvalue weighted by Crippen LogP contribution is 2.19. The predicted octanol–water partition coefficient (Wildman–Crippen LogP) is 2.94. The topological polar surface area (TPSA) is 62.2 Å². The van der Waals surface area contributed by atoms with E-state index in [9.17, 15) is 4.79 Å². The molecule has 2 N–H and O–H groups in total. The zero-order valence-corrected chi connectivity index (χ0v) is 12.5. The molecule has 0 aliphatic carbocycles. The van der Waals surface area contributed by atoms with Crippen LogP contribution in [0.15, 0.2) is 24.3 Å². The van der Waals surface area contributed by atoms with Gasteiger partial charge in [-0.3, -0.25) is 4.79 Å². The van der Waals surface area contributed by atoms with E-state index in [1.54, 1.807) is 0 Å². The van der Waals surface area contributed by atoms with Crippen molar-refractivity contribution < 1.29 is 9.90 Å². The normalized spacial score (nSPS) is 10.6. The molecule has 0 fully saturated rings. The number of nitrogens with zero attached hydrogens (tertiary/aromatic N) is 1. The zero-order chi connectivity index (χ0) is 14.5. The number of aromatic nitrogens is 1. The predicted molar refractivity (Wildman–Crippen MR) is 81.4 cm³/mol. The second-order valence-electron chi connectivity index (χ2n) is 4.63. The van der Waals surface area contributed by atoms with E-state index in [4.69, 9.17) is 5.11 Å². The molecule has 0 saturated heterocycles. The van der Waals surface area contributed by atoms with E-state index in [1.807, 2.05) is 38.1 Å². The first-order chi connectivity index (χ1) is 9.60. The van der Waals surface area contributed by atoms with Gasteiger partial charge >= 0.3 is 0 Å². The SMILES string of the molecule is Cc1nc(C)c(C(=O)Nc2cccc(CCCO)c2)s1. The number of benzene rings is 1. The maximum atomic E-state index is 12.2. The van der Waals surface area contributed by atoms with Crippen molar-refractivity contribution in [3.8, 4) is 0 Å². The van der Waals surface area contributed by atoms with E-state index in [1.165, 1.54) is 11.3 Å². The quantitative estimate of drug-likeness (QED) is 0.890. The molecule has 0 aliphatic rings. The molecule has 5 heteroatoms. The summed E-state index contributed by atoms with van der Waals surface area (Å²) in [7, 11) is 0. The van der Waals surface area contributed by atoms with Gasteiger partial charge in [-0.15, -0.1) is 11.3 Å². The fraction of sp³-hybridized carbons (Fsp3) is 0.333. The van der Waals surface area contributed by atoms with Crippen LogP contribution >= 0.6 is 11.3 Å². The van der Waals surface area contributed by atoms with Gasteiger partial charge in [0.05, 0.1) is 10.7 Å². The summed E-state index contributed by atoms with van der Waals surface area (Å²) in [6, 6.07) is 7.71. The minimum absolute atomic E-state index is 0.118. The molecule has 0 radical (unpaired) electrons. The number of amides is 1. The van der Waals surface area contributed by atoms with Gasteiger partial charge in [0.1, 0.15) is 4.88 Å². The Morgan fingerprint density at radius 3 is 2.85 bits per heavy atom. The van der Waals surface area contributed by atoms with Crippen LogP contribution in [0.3, 0.4) is 0 Å². The summed E-state index contributed by atoms with van der Waals surface area (Å²) in [6.07, 6.45) is 1.53. The van der Waals surface area contributed by atoms with Gasteiger partial charge in [0.15, 0.2) is 0 Å². The van der Waals surface area contributed by atoms with E-state index in [-0.39, 0.29) is 12.5 Å². The number of carbonyl (C=O) groups is 1.